The quantitative estimate of drug-likeness (QED) is 0.266. The van der Waals surface area contributed by atoms with Crippen LogP contribution in [0.25, 0.3) is 50.3 Å². The number of halogens is 2. The maximum absolute atomic E-state index is 14.8. The number of amides is 1. The van der Waals surface area contributed by atoms with Gasteiger partial charge < -0.3 is 5.32 Å². The zero-order valence-electron chi connectivity index (χ0n) is 22.3. The predicted octanol–water partition coefficient (Wildman–Crippen LogP) is 6.12. The molecule has 0 bridgehead atoms. The first-order chi connectivity index (χ1) is 19.2. The van der Waals surface area contributed by atoms with Crippen molar-refractivity contribution in [2.45, 2.75) is 6.92 Å². The lowest BCUT2D eigenvalue weighted by Gasteiger charge is -2.13. The van der Waals surface area contributed by atoms with E-state index < -0.39 is 11.7 Å². The highest BCUT2D eigenvalue weighted by atomic mass is 79.9. The van der Waals surface area contributed by atoms with E-state index in [0.717, 1.165) is 54.7 Å². The fourth-order valence-electron chi connectivity index (χ4n) is 5.20. The molecule has 0 radical (unpaired) electrons. The van der Waals surface area contributed by atoms with E-state index in [9.17, 15) is 14.0 Å². The minimum absolute atomic E-state index is 0.00488. The molecule has 200 valence electrons. The van der Waals surface area contributed by atoms with Gasteiger partial charge in [0, 0.05) is 36.9 Å². The van der Waals surface area contributed by atoms with E-state index in [1.807, 2.05) is 61.5 Å². The van der Waals surface area contributed by atoms with Gasteiger partial charge in [0.1, 0.15) is 11.6 Å². The van der Waals surface area contributed by atoms with Gasteiger partial charge in [-0.1, -0.05) is 40.2 Å². The second kappa shape index (κ2) is 9.60. The van der Waals surface area contributed by atoms with Crippen LogP contribution in [-0.2, 0) is 14.1 Å². The molecule has 2 heterocycles. The first-order valence-corrected chi connectivity index (χ1v) is 13.4. The lowest BCUT2D eigenvalue weighted by atomic mass is 10.0. The van der Waals surface area contributed by atoms with Crippen molar-refractivity contribution in [3.05, 3.63) is 105 Å². The number of carbonyl (C=O) groups excluding carboxylic acids is 1. The third-order valence-electron chi connectivity index (χ3n) is 7.45. The van der Waals surface area contributed by atoms with Gasteiger partial charge >= 0.3 is 5.69 Å². The van der Waals surface area contributed by atoms with Gasteiger partial charge in [-0.3, -0.25) is 18.5 Å². The molecule has 7 nitrogen and oxygen atoms in total. The minimum atomic E-state index is -0.588. The van der Waals surface area contributed by atoms with E-state index in [2.05, 4.69) is 25.8 Å². The molecule has 4 aromatic carbocycles. The van der Waals surface area contributed by atoms with Crippen molar-refractivity contribution < 1.29 is 9.18 Å². The van der Waals surface area contributed by atoms with Gasteiger partial charge in [0.15, 0.2) is 0 Å². The van der Waals surface area contributed by atoms with Crippen molar-refractivity contribution in [1.82, 2.24) is 24.0 Å². The molecule has 0 saturated carbocycles. The predicted molar refractivity (Wildman–Crippen MR) is 159 cm³/mol. The minimum Gasteiger partial charge on any atom is -0.355 e. The molecule has 0 fully saturated rings. The van der Waals surface area contributed by atoms with Gasteiger partial charge in [0.25, 0.3) is 5.91 Å². The zero-order valence-corrected chi connectivity index (χ0v) is 23.9. The standard InChI is InChI=1S/C31H25BrFN5O2/c1-17-21(6-5-7-23(17)32)29-35-25-15-19(18-8-11-22(24(33)14-18)30(39)34-2)9-12-26(25)38(29)20-10-13-27-28(16-20)37(4)31(40)36(27)3/h5-16H,1-4H3,(H,34,39). The number of nitrogens with one attached hydrogen (secondary N) is 1. The number of hydrogen-bond donors (Lipinski definition) is 1. The van der Waals surface area contributed by atoms with Crippen LogP contribution in [0.3, 0.4) is 0 Å². The Hall–Kier alpha value is -4.50. The normalized spacial score (nSPS) is 11.4. The smallest absolute Gasteiger partial charge is 0.328 e. The first-order valence-electron chi connectivity index (χ1n) is 12.7. The van der Waals surface area contributed by atoms with Crippen LogP contribution in [0.1, 0.15) is 15.9 Å². The Kier molecular flexibility index (Phi) is 6.18. The Bertz CT molecular complexity index is 2050. The number of benzene rings is 4. The highest BCUT2D eigenvalue weighted by Crippen LogP contribution is 2.35. The van der Waals surface area contributed by atoms with Crippen LogP contribution in [0.2, 0.25) is 0 Å². The van der Waals surface area contributed by atoms with E-state index in [-0.39, 0.29) is 11.3 Å². The summed E-state index contributed by atoms with van der Waals surface area (Å²) in [5.74, 6) is -0.317. The SMILES string of the molecule is CNC(=O)c1ccc(-c2ccc3c(c2)nc(-c2cccc(Br)c2C)n3-c2ccc3c(c2)n(C)c(=O)n3C)cc1F. The molecule has 0 aliphatic rings. The second-order valence-electron chi connectivity index (χ2n) is 9.73. The van der Waals surface area contributed by atoms with Crippen molar-refractivity contribution in [2.24, 2.45) is 14.1 Å². The third-order valence-corrected chi connectivity index (χ3v) is 8.31. The average molecular weight is 598 g/mol. The molecule has 0 unspecified atom stereocenters. The topological polar surface area (TPSA) is 73.8 Å². The van der Waals surface area contributed by atoms with E-state index in [1.54, 1.807) is 29.3 Å². The molecule has 0 saturated heterocycles. The maximum atomic E-state index is 14.8. The fraction of sp³-hybridized carbons (Fsp3) is 0.129. The lowest BCUT2D eigenvalue weighted by molar-refractivity contribution is 0.0959. The number of nitrogens with zero attached hydrogens (tertiary/aromatic N) is 4. The third kappa shape index (κ3) is 3.96. The van der Waals surface area contributed by atoms with Crippen molar-refractivity contribution in [2.75, 3.05) is 7.05 Å². The summed E-state index contributed by atoms with van der Waals surface area (Å²) in [5, 5.41) is 2.46. The number of aromatic nitrogens is 4. The van der Waals surface area contributed by atoms with E-state index in [4.69, 9.17) is 4.98 Å². The summed E-state index contributed by atoms with van der Waals surface area (Å²) in [6.45, 7) is 2.04. The number of aryl methyl sites for hydroxylation is 2. The van der Waals surface area contributed by atoms with Gasteiger partial charge in [-0.25, -0.2) is 14.2 Å². The number of hydrogen-bond acceptors (Lipinski definition) is 3. The Balaban J connectivity index is 1.59. The Morgan fingerprint density at radius 1 is 0.900 bits per heavy atom. The number of rotatable bonds is 4. The fourth-order valence-corrected chi connectivity index (χ4v) is 5.57. The van der Waals surface area contributed by atoms with Crippen LogP contribution < -0.4 is 11.0 Å². The van der Waals surface area contributed by atoms with Crippen LogP contribution in [0.4, 0.5) is 4.39 Å². The molecule has 2 aromatic heterocycles. The largest absolute Gasteiger partial charge is 0.355 e. The van der Waals surface area contributed by atoms with Gasteiger partial charge in [-0.15, -0.1) is 0 Å². The highest BCUT2D eigenvalue weighted by molar-refractivity contribution is 9.10. The maximum Gasteiger partial charge on any atom is 0.328 e. The molecule has 1 amide bonds. The van der Waals surface area contributed by atoms with Gasteiger partial charge in [-0.2, -0.15) is 0 Å². The molecular formula is C31H25BrFN5O2. The molecule has 0 atom stereocenters. The van der Waals surface area contributed by atoms with Crippen LogP contribution in [0.5, 0.6) is 0 Å². The van der Waals surface area contributed by atoms with Gasteiger partial charge in [0.2, 0.25) is 0 Å². The summed E-state index contributed by atoms with van der Waals surface area (Å²) < 4.78 is 21.1. The van der Waals surface area contributed by atoms with Gasteiger partial charge in [-0.05, 0) is 72.1 Å². The van der Waals surface area contributed by atoms with Crippen LogP contribution >= 0.6 is 15.9 Å². The Morgan fingerprint density at radius 3 is 2.35 bits per heavy atom. The van der Waals surface area contributed by atoms with E-state index in [0.29, 0.717) is 5.56 Å². The molecule has 0 spiro atoms. The Morgan fingerprint density at radius 2 is 1.60 bits per heavy atom. The summed E-state index contributed by atoms with van der Waals surface area (Å²) in [7, 11) is 5.00. The summed E-state index contributed by atoms with van der Waals surface area (Å²) in [5.41, 5.74) is 7.41. The summed E-state index contributed by atoms with van der Waals surface area (Å²) in [6, 6.07) is 22.3. The number of imidazole rings is 2. The molecular weight excluding hydrogens is 573 g/mol. The van der Waals surface area contributed by atoms with Gasteiger partial charge in [0.05, 0.1) is 27.6 Å². The van der Waals surface area contributed by atoms with Crippen LogP contribution in [0, 0.1) is 12.7 Å². The molecule has 40 heavy (non-hydrogen) atoms. The van der Waals surface area contributed by atoms with Crippen molar-refractivity contribution in [3.63, 3.8) is 0 Å². The number of fused-ring (bicyclic) bond motifs is 2. The van der Waals surface area contributed by atoms with E-state index >= 15 is 0 Å². The molecule has 1 N–H and O–H groups in total. The molecule has 6 rings (SSSR count). The van der Waals surface area contributed by atoms with Crippen molar-refractivity contribution in [1.29, 1.82) is 0 Å². The average Bonchev–Trinajstić information content (AvgIpc) is 3.44. The van der Waals surface area contributed by atoms with Crippen LogP contribution in [0.15, 0.2) is 82.1 Å². The monoisotopic (exact) mass is 597 g/mol. The molecule has 6 aromatic rings. The van der Waals surface area contributed by atoms with E-state index in [1.165, 1.54) is 19.2 Å². The second-order valence-corrected chi connectivity index (χ2v) is 10.6. The van der Waals surface area contributed by atoms with Crippen molar-refractivity contribution >= 4 is 43.9 Å². The zero-order chi connectivity index (χ0) is 28.3. The summed E-state index contributed by atoms with van der Waals surface area (Å²) >= 11 is 3.65. The lowest BCUT2D eigenvalue weighted by Crippen LogP contribution is -2.19. The molecule has 9 heteroatoms. The molecule has 0 aliphatic heterocycles. The van der Waals surface area contributed by atoms with Crippen molar-refractivity contribution in [3.8, 4) is 28.2 Å². The Labute approximate surface area is 237 Å². The number of carbonyl (C=O) groups is 1. The summed E-state index contributed by atoms with van der Waals surface area (Å²) in [6.07, 6.45) is 0. The molecule has 0 aliphatic carbocycles. The highest BCUT2D eigenvalue weighted by Gasteiger charge is 2.19. The first kappa shape index (κ1) is 25.8. The van der Waals surface area contributed by atoms with Crippen LogP contribution in [-0.4, -0.2) is 31.6 Å². The summed E-state index contributed by atoms with van der Waals surface area (Å²) in [4.78, 5) is 29.6.